The molecule has 0 bridgehead atoms. The van der Waals surface area contributed by atoms with Crippen molar-refractivity contribution < 1.29 is 17.9 Å². The van der Waals surface area contributed by atoms with Crippen molar-refractivity contribution in [1.82, 2.24) is 0 Å². The lowest BCUT2D eigenvalue weighted by Crippen LogP contribution is -2.13. The van der Waals surface area contributed by atoms with Crippen molar-refractivity contribution in [2.75, 3.05) is 18.9 Å². The van der Waals surface area contributed by atoms with E-state index in [4.69, 9.17) is 9.47 Å². The van der Waals surface area contributed by atoms with Gasteiger partial charge in [0.25, 0.3) is 10.0 Å². The number of hydrogen-bond donors (Lipinski definition) is 1. The number of rotatable bonds is 6. The van der Waals surface area contributed by atoms with Crippen LogP contribution in [0.5, 0.6) is 11.5 Å². The van der Waals surface area contributed by atoms with Crippen molar-refractivity contribution in [2.45, 2.75) is 42.9 Å². The molecule has 6 heteroatoms. The number of anilines is 1. The van der Waals surface area contributed by atoms with Gasteiger partial charge in [-0.15, -0.1) is 0 Å². The highest BCUT2D eigenvalue weighted by atomic mass is 32.2. The molecule has 0 saturated heterocycles. The van der Waals surface area contributed by atoms with E-state index in [1.54, 1.807) is 30.3 Å². The molecule has 0 aliphatic heterocycles. The Bertz CT molecular complexity index is 818. The number of benzene rings is 2. The zero-order chi connectivity index (χ0) is 18.6. The molecular weight excluding hydrogens is 350 g/mol. The van der Waals surface area contributed by atoms with Crippen LogP contribution in [0.25, 0.3) is 0 Å². The molecule has 2 aromatic rings. The van der Waals surface area contributed by atoms with Gasteiger partial charge >= 0.3 is 0 Å². The van der Waals surface area contributed by atoms with Crippen LogP contribution in [0.2, 0.25) is 0 Å². The topological polar surface area (TPSA) is 64.6 Å². The number of methoxy groups -OCH3 is 2. The Morgan fingerprint density at radius 2 is 1.46 bits per heavy atom. The van der Waals surface area contributed by atoms with Gasteiger partial charge in [-0.25, -0.2) is 8.42 Å². The zero-order valence-electron chi connectivity index (χ0n) is 15.2. The molecule has 2 aromatic carbocycles. The smallest absolute Gasteiger partial charge is 0.261 e. The molecule has 0 unspecified atom stereocenters. The van der Waals surface area contributed by atoms with E-state index in [-0.39, 0.29) is 4.90 Å². The number of hydrogen-bond acceptors (Lipinski definition) is 4. The maximum atomic E-state index is 12.7. The minimum Gasteiger partial charge on any atom is -0.497 e. The third-order valence-corrected chi connectivity index (χ3v) is 6.27. The number of sulfonamides is 1. The molecule has 1 N–H and O–H groups in total. The highest BCUT2D eigenvalue weighted by molar-refractivity contribution is 7.92. The van der Waals surface area contributed by atoms with Gasteiger partial charge in [-0.2, -0.15) is 0 Å². The van der Waals surface area contributed by atoms with Crippen LogP contribution < -0.4 is 14.2 Å². The van der Waals surface area contributed by atoms with Gasteiger partial charge in [-0.3, -0.25) is 4.72 Å². The van der Waals surface area contributed by atoms with Gasteiger partial charge in [0.15, 0.2) is 0 Å². The first-order valence-electron chi connectivity index (χ1n) is 8.87. The quantitative estimate of drug-likeness (QED) is 0.804. The molecule has 3 rings (SSSR count). The Labute approximate surface area is 155 Å². The monoisotopic (exact) mass is 375 g/mol. The predicted molar refractivity (Wildman–Crippen MR) is 103 cm³/mol. The minimum atomic E-state index is -3.67. The zero-order valence-corrected chi connectivity index (χ0v) is 16.0. The summed E-state index contributed by atoms with van der Waals surface area (Å²) in [6.07, 6.45) is 6.19. The van der Waals surface area contributed by atoms with E-state index in [1.807, 2.05) is 12.1 Å². The lowest BCUT2D eigenvalue weighted by Gasteiger charge is -2.22. The average Bonchev–Trinajstić information content (AvgIpc) is 2.68. The molecule has 0 spiro atoms. The second-order valence-electron chi connectivity index (χ2n) is 6.61. The molecule has 26 heavy (non-hydrogen) atoms. The molecule has 0 heterocycles. The molecule has 1 aliphatic rings. The van der Waals surface area contributed by atoms with E-state index in [9.17, 15) is 8.42 Å². The summed E-state index contributed by atoms with van der Waals surface area (Å²) in [6, 6.07) is 12.2. The second-order valence-corrected chi connectivity index (χ2v) is 8.29. The normalized spacial score (nSPS) is 15.5. The van der Waals surface area contributed by atoms with Crippen LogP contribution >= 0.6 is 0 Å². The third-order valence-electron chi connectivity index (χ3n) is 4.87. The summed E-state index contributed by atoms with van der Waals surface area (Å²) in [5.74, 6) is 1.60. The first-order valence-corrected chi connectivity index (χ1v) is 10.4. The summed E-state index contributed by atoms with van der Waals surface area (Å²) in [4.78, 5) is 0.249. The van der Waals surface area contributed by atoms with Crippen molar-refractivity contribution in [2.24, 2.45) is 0 Å². The number of ether oxygens (including phenoxy) is 2. The standard InChI is InChI=1S/C20H25NO4S/c1-24-18-12-17(13-19(14-18)25-2)21-26(22,23)20-10-8-16(9-11-20)15-6-4-3-5-7-15/h8-15,21H,3-7H2,1-2H3. The van der Waals surface area contributed by atoms with Crippen molar-refractivity contribution in [1.29, 1.82) is 0 Å². The minimum absolute atomic E-state index is 0.249. The largest absolute Gasteiger partial charge is 0.497 e. The molecule has 1 aliphatic carbocycles. The highest BCUT2D eigenvalue weighted by Gasteiger charge is 2.18. The maximum Gasteiger partial charge on any atom is 0.261 e. The van der Waals surface area contributed by atoms with Gasteiger partial charge in [-0.05, 0) is 36.5 Å². The molecule has 0 amide bonds. The Morgan fingerprint density at radius 1 is 0.885 bits per heavy atom. The predicted octanol–water partition coefficient (Wildman–Crippen LogP) is 4.55. The summed E-state index contributed by atoms with van der Waals surface area (Å²) < 4.78 is 38.4. The number of nitrogens with one attached hydrogen (secondary N) is 1. The fraction of sp³-hybridized carbons (Fsp3) is 0.400. The Kier molecular flexibility index (Phi) is 5.71. The Hall–Kier alpha value is -2.21. The average molecular weight is 375 g/mol. The van der Waals surface area contributed by atoms with Crippen LogP contribution in [-0.4, -0.2) is 22.6 Å². The highest BCUT2D eigenvalue weighted by Crippen LogP contribution is 2.33. The van der Waals surface area contributed by atoms with Crippen LogP contribution in [0.1, 0.15) is 43.6 Å². The molecule has 5 nitrogen and oxygen atoms in total. The van der Waals surface area contributed by atoms with Crippen LogP contribution in [0, 0.1) is 0 Å². The van der Waals surface area contributed by atoms with Crippen molar-refractivity contribution in [3.05, 3.63) is 48.0 Å². The van der Waals surface area contributed by atoms with Crippen LogP contribution in [0.3, 0.4) is 0 Å². The lowest BCUT2D eigenvalue weighted by atomic mass is 9.84. The summed E-state index contributed by atoms with van der Waals surface area (Å²) in [5.41, 5.74) is 1.63. The molecule has 0 aromatic heterocycles. The van der Waals surface area contributed by atoms with Crippen molar-refractivity contribution in [3.63, 3.8) is 0 Å². The second kappa shape index (κ2) is 7.99. The summed E-state index contributed by atoms with van der Waals surface area (Å²) in [6.45, 7) is 0. The first kappa shape index (κ1) is 18.6. The summed E-state index contributed by atoms with van der Waals surface area (Å²) in [5, 5.41) is 0. The van der Waals surface area contributed by atoms with E-state index < -0.39 is 10.0 Å². The van der Waals surface area contributed by atoms with E-state index in [0.29, 0.717) is 23.1 Å². The van der Waals surface area contributed by atoms with Gasteiger partial charge in [0.1, 0.15) is 11.5 Å². The van der Waals surface area contributed by atoms with Crippen LogP contribution in [0.4, 0.5) is 5.69 Å². The molecular formula is C20H25NO4S. The van der Waals surface area contributed by atoms with E-state index in [2.05, 4.69) is 4.72 Å². The van der Waals surface area contributed by atoms with E-state index in [0.717, 1.165) is 0 Å². The van der Waals surface area contributed by atoms with E-state index >= 15 is 0 Å². The fourth-order valence-electron chi connectivity index (χ4n) is 3.44. The molecule has 1 fully saturated rings. The van der Waals surface area contributed by atoms with Crippen molar-refractivity contribution >= 4 is 15.7 Å². The SMILES string of the molecule is COc1cc(NS(=O)(=O)c2ccc(C3CCCCC3)cc2)cc(OC)c1. The van der Waals surface area contributed by atoms with Gasteiger partial charge in [-0.1, -0.05) is 31.4 Å². The molecule has 1 saturated carbocycles. The van der Waals surface area contributed by atoms with Gasteiger partial charge in [0, 0.05) is 18.2 Å². The fourth-order valence-corrected chi connectivity index (χ4v) is 4.48. The summed E-state index contributed by atoms with van der Waals surface area (Å²) in [7, 11) is -0.622. The van der Waals surface area contributed by atoms with Crippen molar-refractivity contribution in [3.8, 4) is 11.5 Å². The molecule has 140 valence electrons. The Balaban J connectivity index is 1.79. The summed E-state index contributed by atoms with van der Waals surface area (Å²) >= 11 is 0. The first-order chi connectivity index (χ1) is 12.5. The van der Waals surface area contributed by atoms with Gasteiger partial charge in [0.2, 0.25) is 0 Å². The van der Waals surface area contributed by atoms with E-state index in [1.165, 1.54) is 51.9 Å². The van der Waals surface area contributed by atoms with Gasteiger partial charge < -0.3 is 9.47 Å². The van der Waals surface area contributed by atoms with Crippen LogP contribution in [0.15, 0.2) is 47.4 Å². The van der Waals surface area contributed by atoms with Crippen LogP contribution in [-0.2, 0) is 10.0 Å². The van der Waals surface area contributed by atoms with Gasteiger partial charge in [0.05, 0.1) is 24.8 Å². The lowest BCUT2D eigenvalue weighted by molar-refractivity contribution is 0.395. The maximum absolute atomic E-state index is 12.7. The Morgan fingerprint density at radius 3 is 2.00 bits per heavy atom. The molecule has 0 radical (unpaired) electrons. The third kappa shape index (κ3) is 4.30. The molecule has 0 atom stereocenters.